The zero-order valence-electron chi connectivity index (χ0n) is 31.7. The first kappa shape index (κ1) is 37.1. The number of esters is 1. The highest BCUT2D eigenvalue weighted by molar-refractivity contribution is 5.70. The summed E-state index contributed by atoms with van der Waals surface area (Å²) >= 11 is 0. The lowest BCUT2D eigenvalue weighted by Gasteiger charge is -2.51. The molecule has 0 aromatic rings. The lowest BCUT2D eigenvalue weighted by atomic mass is 9.80. The highest BCUT2D eigenvalue weighted by Gasteiger charge is 2.69. The molecule has 21 atom stereocenters. The van der Waals surface area contributed by atoms with Gasteiger partial charge < -0.3 is 57.6 Å². The van der Waals surface area contributed by atoms with E-state index in [0.717, 1.165) is 50.5 Å². The molecule has 0 saturated carbocycles. The van der Waals surface area contributed by atoms with E-state index in [1.54, 1.807) is 0 Å². The Labute approximate surface area is 317 Å². The number of hydrogen-bond donors (Lipinski definition) is 2. The van der Waals surface area contributed by atoms with Crippen LogP contribution in [0.3, 0.4) is 0 Å². The molecule has 302 valence electrons. The average Bonchev–Trinajstić information content (AvgIpc) is 3.72. The van der Waals surface area contributed by atoms with E-state index < -0.39 is 36.3 Å². The third-order valence-corrected chi connectivity index (χ3v) is 14.6. The van der Waals surface area contributed by atoms with Gasteiger partial charge in [0.15, 0.2) is 5.79 Å². The van der Waals surface area contributed by atoms with E-state index in [-0.39, 0.29) is 104 Å². The number of fused-ring (bicyclic) bond motifs is 7. The summed E-state index contributed by atoms with van der Waals surface area (Å²) in [5, 5.41) is 20.6. The van der Waals surface area contributed by atoms with Crippen molar-refractivity contribution in [3.05, 3.63) is 12.2 Å². The highest BCUT2D eigenvalue weighted by Crippen LogP contribution is 2.54. The first-order chi connectivity index (χ1) is 26.1. The number of carbonyl (C=O) groups excluding carboxylic acids is 1. The Morgan fingerprint density at radius 1 is 0.667 bits per heavy atom. The van der Waals surface area contributed by atoms with Gasteiger partial charge in [-0.05, 0) is 69.3 Å². The van der Waals surface area contributed by atoms with Crippen LogP contribution < -0.4 is 0 Å². The smallest absolute Gasteiger partial charge is 0.308 e. The van der Waals surface area contributed by atoms with Gasteiger partial charge in [-0.25, -0.2) is 0 Å². The fourth-order valence-electron chi connectivity index (χ4n) is 12.0. The third-order valence-electron chi connectivity index (χ3n) is 14.6. The van der Waals surface area contributed by atoms with Crippen molar-refractivity contribution >= 4 is 5.97 Å². The first-order valence-electron chi connectivity index (χ1n) is 21.2. The molecule has 0 aromatic heterocycles. The van der Waals surface area contributed by atoms with Gasteiger partial charge in [-0.15, -0.1) is 0 Å². The van der Waals surface area contributed by atoms with E-state index in [4.69, 9.17) is 47.4 Å². The van der Waals surface area contributed by atoms with Crippen LogP contribution >= 0.6 is 0 Å². The lowest BCUT2D eigenvalue weighted by Crippen LogP contribution is -2.62. The van der Waals surface area contributed by atoms with Crippen LogP contribution in [0.2, 0.25) is 0 Å². The van der Waals surface area contributed by atoms with Crippen LogP contribution in [0.15, 0.2) is 12.2 Å². The molecule has 11 heterocycles. The van der Waals surface area contributed by atoms with Gasteiger partial charge in [0.25, 0.3) is 0 Å². The van der Waals surface area contributed by atoms with E-state index in [9.17, 15) is 15.0 Å². The van der Waals surface area contributed by atoms with Crippen LogP contribution in [0.1, 0.15) is 104 Å². The Morgan fingerprint density at radius 3 is 2.30 bits per heavy atom. The van der Waals surface area contributed by atoms with Crippen molar-refractivity contribution in [1.82, 2.24) is 0 Å². The minimum atomic E-state index is -0.796. The Kier molecular flexibility index (Phi) is 9.99. The number of carbonyl (C=O) groups is 1. The second-order valence-electron chi connectivity index (χ2n) is 18.5. The number of ether oxygens (including phenoxy) is 10. The van der Waals surface area contributed by atoms with Gasteiger partial charge >= 0.3 is 5.97 Å². The van der Waals surface area contributed by atoms with Crippen molar-refractivity contribution < 1.29 is 62.4 Å². The third kappa shape index (κ3) is 6.72. The SMILES string of the molecule is C=C1CC2CC[C@@]34C[C@H]5O[C@H]6[C@@H](O3)[C@H]3O[C@H](CC[C@@H]3O[C@H]6[C@H]5O4)CC(=O)O[C@H]3C(C[C@@H]4C[C@H](C)CC(CC[C@@H]1O2)O4)O[C@H]1C[C@@H](O)[C@@H](CCO)O[C@H]1[C@@H]3C. The molecule has 12 bridgehead atoms. The molecule has 2 N–H and O–H groups in total. The summed E-state index contributed by atoms with van der Waals surface area (Å²) in [6.07, 6.45) is 4.40. The molecule has 3 unspecified atom stereocenters. The molecule has 1 spiro atoms. The number of hydrogen-bond acceptors (Lipinski definition) is 13. The van der Waals surface area contributed by atoms with Crippen molar-refractivity contribution in [1.29, 1.82) is 0 Å². The Balaban J connectivity index is 0.924. The number of aliphatic hydroxyl groups excluding tert-OH is 2. The predicted molar refractivity (Wildman–Crippen MR) is 188 cm³/mol. The molecular weight excluding hydrogens is 700 g/mol. The van der Waals surface area contributed by atoms with Gasteiger partial charge in [-0.2, -0.15) is 0 Å². The van der Waals surface area contributed by atoms with Crippen molar-refractivity contribution in [2.75, 3.05) is 6.61 Å². The van der Waals surface area contributed by atoms with Gasteiger partial charge in [-0.3, -0.25) is 4.79 Å². The van der Waals surface area contributed by atoms with E-state index in [1.807, 2.05) is 0 Å². The topological polar surface area (TPSA) is 150 Å². The monoisotopic (exact) mass is 760 g/mol. The maximum Gasteiger partial charge on any atom is 0.308 e. The van der Waals surface area contributed by atoms with Gasteiger partial charge in [0.1, 0.15) is 36.6 Å². The summed E-state index contributed by atoms with van der Waals surface area (Å²) in [5.41, 5.74) is 1.14. The van der Waals surface area contributed by atoms with E-state index in [1.165, 1.54) is 0 Å². The average molecular weight is 761 g/mol. The Bertz CT molecular complexity index is 1410. The van der Waals surface area contributed by atoms with E-state index in [0.29, 0.717) is 44.4 Å². The molecule has 0 aromatic carbocycles. The summed E-state index contributed by atoms with van der Waals surface area (Å²) in [5.74, 6) is -0.876. The normalized spacial score (nSPS) is 55.7. The standard InChI is InChI=1S/C41H60O13/c1-19-12-22-4-6-27-20(2)14-24(46-27)8-10-41-18-32-37(53-41)38-39(51-32)40(54-41)36-29(50-38)7-5-23(47-36)16-33(44)52-35-21(3)34-31(17-26(43)28(49-34)9-11-42)48-30(35)15-25(13-19)45-22/h19,21-32,34-40,42-43H,2,4-18H2,1,3H3/t19-,21+,22?,23-,24?,25+,26-,27+,28-,29+,30?,31+,32-,34+,35-,36+,37+,38+,39-,40+,41+/m1/s1. The molecule has 13 heteroatoms. The maximum atomic E-state index is 14.0. The first-order valence-corrected chi connectivity index (χ1v) is 21.2. The minimum Gasteiger partial charge on any atom is -0.459 e. The molecule has 0 aliphatic carbocycles. The molecule has 0 radical (unpaired) electrons. The van der Waals surface area contributed by atoms with Crippen LogP contribution in [0.5, 0.6) is 0 Å². The summed E-state index contributed by atoms with van der Waals surface area (Å²) in [4.78, 5) is 14.0. The maximum absolute atomic E-state index is 14.0. The Morgan fingerprint density at radius 2 is 1.43 bits per heavy atom. The van der Waals surface area contributed by atoms with Crippen LogP contribution in [0, 0.1) is 11.8 Å². The largest absolute Gasteiger partial charge is 0.459 e. The summed E-state index contributed by atoms with van der Waals surface area (Å²) in [7, 11) is 0. The van der Waals surface area contributed by atoms with Gasteiger partial charge in [0, 0.05) is 38.2 Å². The number of aliphatic hydroxyl groups is 2. The molecule has 54 heavy (non-hydrogen) atoms. The minimum absolute atomic E-state index is 0.00957. The highest BCUT2D eigenvalue weighted by atomic mass is 16.8. The molecular formula is C41H60O13. The van der Waals surface area contributed by atoms with Crippen LogP contribution in [0.4, 0.5) is 0 Å². The lowest BCUT2D eigenvalue weighted by molar-refractivity contribution is -0.293. The summed E-state index contributed by atoms with van der Waals surface area (Å²) < 4.78 is 66.8. The molecule has 11 fully saturated rings. The number of rotatable bonds is 2. The van der Waals surface area contributed by atoms with E-state index >= 15 is 0 Å². The second kappa shape index (κ2) is 14.5. The Hall–Kier alpha value is -1.23. The summed E-state index contributed by atoms with van der Waals surface area (Å²) in [6.45, 7) is 8.69. The van der Waals surface area contributed by atoms with Crippen molar-refractivity contribution in [2.24, 2.45) is 11.8 Å². The molecule has 0 amide bonds. The predicted octanol–water partition coefficient (Wildman–Crippen LogP) is 3.42. The molecule has 13 nitrogen and oxygen atoms in total. The van der Waals surface area contributed by atoms with Crippen molar-refractivity contribution in [2.45, 2.75) is 219 Å². The van der Waals surface area contributed by atoms with Gasteiger partial charge in [-0.1, -0.05) is 20.4 Å². The molecule has 11 aliphatic rings. The molecule has 11 aliphatic heterocycles. The van der Waals surface area contributed by atoms with Crippen LogP contribution in [-0.4, -0.2) is 138 Å². The molecule has 11 saturated heterocycles. The van der Waals surface area contributed by atoms with Crippen molar-refractivity contribution in [3.63, 3.8) is 0 Å². The second-order valence-corrected chi connectivity index (χ2v) is 18.5. The fraction of sp³-hybridized carbons (Fsp3) is 0.927. The van der Waals surface area contributed by atoms with Gasteiger partial charge in [0.05, 0.1) is 79.7 Å². The van der Waals surface area contributed by atoms with Crippen LogP contribution in [0.25, 0.3) is 0 Å². The van der Waals surface area contributed by atoms with E-state index in [2.05, 4.69) is 20.4 Å². The molecule has 11 rings (SSSR count). The van der Waals surface area contributed by atoms with Crippen molar-refractivity contribution in [3.8, 4) is 0 Å². The zero-order valence-corrected chi connectivity index (χ0v) is 31.7. The summed E-state index contributed by atoms with van der Waals surface area (Å²) in [6, 6.07) is 0. The fourth-order valence-corrected chi connectivity index (χ4v) is 12.0. The quantitative estimate of drug-likeness (QED) is 0.313. The van der Waals surface area contributed by atoms with Gasteiger partial charge in [0.2, 0.25) is 0 Å². The zero-order chi connectivity index (χ0) is 36.9. The van der Waals surface area contributed by atoms with Crippen LogP contribution in [-0.2, 0) is 52.2 Å².